The van der Waals surface area contributed by atoms with Gasteiger partial charge >= 0.3 is 0 Å². The molecule has 11 rings (SSSR count). The fourth-order valence-electron chi connectivity index (χ4n) is 9.42. The van der Waals surface area contributed by atoms with E-state index in [-0.39, 0.29) is 5.41 Å². The van der Waals surface area contributed by atoms with Gasteiger partial charge in [0.2, 0.25) is 0 Å². The summed E-state index contributed by atoms with van der Waals surface area (Å²) in [6, 6.07) is 78.5. The maximum atomic E-state index is 2.52. The Hall–Kier alpha value is -7.22. The zero-order valence-corrected chi connectivity index (χ0v) is 32.7. The van der Waals surface area contributed by atoms with Gasteiger partial charge in [0, 0.05) is 22.4 Å². The molecule has 0 N–H and O–H groups in total. The van der Waals surface area contributed by atoms with E-state index in [0.717, 1.165) is 17.1 Å². The molecule has 0 atom stereocenters. The smallest absolute Gasteiger partial charge is 0.0546 e. The van der Waals surface area contributed by atoms with Crippen LogP contribution in [-0.2, 0) is 5.41 Å². The van der Waals surface area contributed by atoms with Gasteiger partial charge in [-0.2, -0.15) is 0 Å². The van der Waals surface area contributed by atoms with E-state index in [1.807, 2.05) is 0 Å². The average Bonchev–Trinajstić information content (AvgIpc) is 3.50. The molecule has 1 heteroatoms. The first kappa shape index (κ1) is 34.1. The predicted octanol–water partition coefficient (Wildman–Crippen LogP) is 15.9. The number of fused-ring (bicyclic) bond motifs is 6. The molecule has 0 unspecified atom stereocenters. The lowest BCUT2D eigenvalue weighted by Gasteiger charge is -2.30. The van der Waals surface area contributed by atoms with Crippen LogP contribution in [0.5, 0.6) is 0 Å². The van der Waals surface area contributed by atoms with E-state index in [0.29, 0.717) is 0 Å². The fraction of sp³-hybridized carbons (Fsp3) is 0.0526. The van der Waals surface area contributed by atoms with Gasteiger partial charge in [-0.3, -0.25) is 0 Å². The Morgan fingerprint density at radius 3 is 1.57 bits per heavy atom. The predicted molar refractivity (Wildman–Crippen MR) is 248 cm³/mol. The third-order valence-electron chi connectivity index (χ3n) is 12.4. The van der Waals surface area contributed by atoms with Crippen LogP contribution in [0.25, 0.3) is 76.8 Å². The lowest BCUT2D eigenvalue weighted by atomic mass is 9.82. The SMILES string of the molecule is CC1(C)c2ccc(N(c3cc(-c4ccccc4)cc(-c4ccccc4)c3)c3ccc4ccccc4c3-c3ccc4ccccc4c3)cc2-c2cc3ccccc3cc21. The quantitative estimate of drug-likeness (QED) is 0.164. The minimum absolute atomic E-state index is 0.134. The number of benzene rings is 10. The molecule has 10 aromatic carbocycles. The molecule has 0 aliphatic heterocycles. The van der Waals surface area contributed by atoms with Crippen LogP contribution in [0.1, 0.15) is 25.0 Å². The Kier molecular flexibility index (Phi) is 7.91. The van der Waals surface area contributed by atoms with Crippen LogP contribution >= 0.6 is 0 Å². The number of rotatable bonds is 6. The second kappa shape index (κ2) is 13.5. The number of anilines is 3. The van der Waals surface area contributed by atoms with Gasteiger partial charge in [-0.15, -0.1) is 0 Å². The molecule has 0 bridgehead atoms. The van der Waals surface area contributed by atoms with Crippen molar-refractivity contribution in [2.75, 3.05) is 4.90 Å². The molecule has 0 heterocycles. The Bertz CT molecular complexity index is 3140. The highest BCUT2D eigenvalue weighted by atomic mass is 15.1. The molecular formula is C57H41N. The first-order valence-corrected chi connectivity index (χ1v) is 20.2. The van der Waals surface area contributed by atoms with Crippen molar-refractivity contribution in [1.82, 2.24) is 0 Å². The van der Waals surface area contributed by atoms with E-state index in [9.17, 15) is 0 Å². The van der Waals surface area contributed by atoms with Crippen molar-refractivity contribution < 1.29 is 0 Å². The normalized spacial score (nSPS) is 12.8. The molecule has 0 saturated carbocycles. The van der Waals surface area contributed by atoms with E-state index >= 15 is 0 Å². The van der Waals surface area contributed by atoms with Crippen molar-refractivity contribution in [2.24, 2.45) is 0 Å². The van der Waals surface area contributed by atoms with Gasteiger partial charge in [-0.1, -0.05) is 172 Å². The Labute approximate surface area is 340 Å². The zero-order chi connectivity index (χ0) is 38.8. The summed E-state index contributed by atoms with van der Waals surface area (Å²) in [4.78, 5) is 2.52. The standard InChI is InChI=1S/C57H41N/c1-57(2)53-29-28-48(37-52(53)51-35-43-22-11-12-23-44(43)36-54(51)57)58(49-33-46(38-15-5-3-6-16-38)32-47(34-49)39-17-7-4-8-18-39)55-30-27-41-20-13-14-24-50(41)56(55)45-26-25-40-19-9-10-21-42(40)31-45/h3-37H,1-2H3. The molecule has 0 fully saturated rings. The molecule has 10 aromatic rings. The maximum absolute atomic E-state index is 2.52. The van der Waals surface area contributed by atoms with Crippen molar-refractivity contribution in [3.05, 3.63) is 223 Å². The molecule has 0 saturated heterocycles. The largest absolute Gasteiger partial charge is 0.310 e. The highest BCUT2D eigenvalue weighted by molar-refractivity contribution is 6.07. The third kappa shape index (κ3) is 5.62. The summed E-state index contributed by atoms with van der Waals surface area (Å²) in [7, 11) is 0. The highest BCUT2D eigenvalue weighted by Crippen LogP contribution is 2.53. The molecule has 0 radical (unpaired) electrons. The van der Waals surface area contributed by atoms with Gasteiger partial charge < -0.3 is 4.90 Å². The third-order valence-corrected chi connectivity index (χ3v) is 12.4. The van der Waals surface area contributed by atoms with Crippen molar-refractivity contribution >= 4 is 49.4 Å². The van der Waals surface area contributed by atoms with Gasteiger partial charge in [-0.25, -0.2) is 0 Å². The molecule has 1 nitrogen and oxygen atoms in total. The van der Waals surface area contributed by atoms with E-state index < -0.39 is 0 Å². The molecule has 0 spiro atoms. The highest BCUT2D eigenvalue weighted by Gasteiger charge is 2.36. The van der Waals surface area contributed by atoms with E-state index in [1.165, 1.54) is 88.0 Å². The number of nitrogens with zero attached hydrogens (tertiary/aromatic N) is 1. The van der Waals surface area contributed by atoms with Gasteiger partial charge in [0.25, 0.3) is 0 Å². The van der Waals surface area contributed by atoms with Crippen LogP contribution in [0, 0.1) is 0 Å². The zero-order valence-electron chi connectivity index (χ0n) is 32.7. The fourth-order valence-corrected chi connectivity index (χ4v) is 9.42. The first-order chi connectivity index (χ1) is 28.5. The molecule has 0 aromatic heterocycles. The lowest BCUT2D eigenvalue weighted by Crippen LogP contribution is -2.16. The minimum Gasteiger partial charge on any atom is -0.310 e. The Balaban J connectivity index is 1.22. The number of hydrogen-bond acceptors (Lipinski definition) is 1. The summed E-state index contributed by atoms with van der Waals surface area (Å²) in [5, 5.41) is 7.46. The molecule has 274 valence electrons. The van der Waals surface area contributed by atoms with E-state index in [2.05, 4.69) is 231 Å². The molecular weight excluding hydrogens is 699 g/mol. The molecule has 0 amide bonds. The van der Waals surface area contributed by atoms with Gasteiger partial charge in [0.1, 0.15) is 0 Å². The summed E-state index contributed by atoms with van der Waals surface area (Å²) in [6.45, 7) is 4.75. The second-order valence-electron chi connectivity index (χ2n) is 16.2. The van der Waals surface area contributed by atoms with Gasteiger partial charge in [-0.05, 0) is 137 Å². The van der Waals surface area contributed by atoms with E-state index in [4.69, 9.17) is 0 Å². The van der Waals surface area contributed by atoms with Crippen LogP contribution in [0.4, 0.5) is 17.1 Å². The molecule has 1 aliphatic rings. The van der Waals surface area contributed by atoms with Crippen LogP contribution in [0.15, 0.2) is 212 Å². The molecule has 58 heavy (non-hydrogen) atoms. The lowest BCUT2D eigenvalue weighted by molar-refractivity contribution is 0.661. The van der Waals surface area contributed by atoms with Crippen LogP contribution in [0.2, 0.25) is 0 Å². The number of hydrogen-bond donors (Lipinski definition) is 0. The maximum Gasteiger partial charge on any atom is 0.0546 e. The summed E-state index contributed by atoms with van der Waals surface area (Å²) >= 11 is 0. The summed E-state index contributed by atoms with van der Waals surface area (Å²) < 4.78 is 0. The second-order valence-corrected chi connectivity index (χ2v) is 16.2. The van der Waals surface area contributed by atoms with Crippen molar-refractivity contribution in [3.8, 4) is 44.5 Å². The van der Waals surface area contributed by atoms with Crippen molar-refractivity contribution in [2.45, 2.75) is 19.3 Å². The van der Waals surface area contributed by atoms with Crippen LogP contribution in [0.3, 0.4) is 0 Å². The van der Waals surface area contributed by atoms with E-state index in [1.54, 1.807) is 0 Å². The Morgan fingerprint density at radius 2 is 0.879 bits per heavy atom. The summed E-state index contributed by atoms with van der Waals surface area (Å²) in [5.74, 6) is 0. The van der Waals surface area contributed by atoms with Crippen LogP contribution < -0.4 is 4.90 Å². The average molecular weight is 740 g/mol. The van der Waals surface area contributed by atoms with Crippen molar-refractivity contribution in [3.63, 3.8) is 0 Å². The minimum atomic E-state index is -0.134. The van der Waals surface area contributed by atoms with Gasteiger partial charge in [0.05, 0.1) is 5.69 Å². The van der Waals surface area contributed by atoms with Crippen LogP contribution in [-0.4, -0.2) is 0 Å². The first-order valence-electron chi connectivity index (χ1n) is 20.2. The molecule has 1 aliphatic carbocycles. The summed E-state index contributed by atoms with van der Waals surface area (Å²) in [5.41, 5.74) is 15.7. The van der Waals surface area contributed by atoms with Gasteiger partial charge in [0.15, 0.2) is 0 Å². The summed E-state index contributed by atoms with van der Waals surface area (Å²) in [6.07, 6.45) is 0. The van der Waals surface area contributed by atoms with Crippen molar-refractivity contribution in [1.29, 1.82) is 0 Å². The topological polar surface area (TPSA) is 3.24 Å². The Morgan fingerprint density at radius 1 is 0.328 bits per heavy atom. The monoisotopic (exact) mass is 739 g/mol.